The summed E-state index contributed by atoms with van der Waals surface area (Å²) in [5, 5.41) is 10.8. The average Bonchev–Trinajstić information content (AvgIpc) is 3.22. The molecule has 0 unspecified atom stereocenters. The molecule has 0 spiro atoms. The maximum absolute atomic E-state index is 12.0. The zero-order valence-corrected chi connectivity index (χ0v) is 13.6. The predicted molar refractivity (Wildman–Crippen MR) is 92.1 cm³/mol. The second kappa shape index (κ2) is 5.83. The maximum Gasteiger partial charge on any atom is 0.336 e. The number of aryl methyl sites for hydroxylation is 1. The van der Waals surface area contributed by atoms with Crippen LogP contribution in [-0.4, -0.2) is 21.5 Å². The highest BCUT2D eigenvalue weighted by Gasteiger charge is 2.27. The molecular formula is C19H20N2O3. The van der Waals surface area contributed by atoms with Crippen molar-refractivity contribution in [1.29, 1.82) is 0 Å². The molecule has 0 saturated carbocycles. The number of nitrogens with zero attached hydrogens (tertiary/aromatic N) is 1. The zero-order chi connectivity index (χ0) is 16.7. The summed E-state index contributed by atoms with van der Waals surface area (Å²) in [5.74, 6) is 0.147. The Morgan fingerprint density at radius 3 is 3.04 bits per heavy atom. The monoisotopic (exact) mass is 324 g/mol. The van der Waals surface area contributed by atoms with Crippen LogP contribution in [0.4, 0.5) is 0 Å². The van der Waals surface area contributed by atoms with Crippen LogP contribution < -0.4 is 5.63 Å². The molecule has 3 heterocycles. The minimum atomic E-state index is -0.373. The van der Waals surface area contributed by atoms with Crippen LogP contribution >= 0.6 is 0 Å². The first kappa shape index (κ1) is 15.0. The SMILES string of the molecule is Cc1c(O)ccc2c(CN3CCC[C@H]3c3ccc[nH]3)cc(=O)oc12. The highest BCUT2D eigenvalue weighted by Crippen LogP contribution is 2.34. The number of fused-ring (bicyclic) bond motifs is 1. The molecule has 1 aromatic carbocycles. The van der Waals surface area contributed by atoms with Crippen molar-refractivity contribution in [1.82, 2.24) is 9.88 Å². The Hall–Kier alpha value is -2.53. The van der Waals surface area contributed by atoms with Gasteiger partial charge in [0.1, 0.15) is 11.3 Å². The Morgan fingerprint density at radius 2 is 2.25 bits per heavy atom. The van der Waals surface area contributed by atoms with Gasteiger partial charge in [0.15, 0.2) is 0 Å². The van der Waals surface area contributed by atoms with Crippen LogP contribution in [-0.2, 0) is 6.54 Å². The molecule has 1 aliphatic rings. The quantitative estimate of drug-likeness (QED) is 0.724. The van der Waals surface area contributed by atoms with Gasteiger partial charge >= 0.3 is 5.63 Å². The van der Waals surface area contributed by atoms with E-state index in [-0.39, 0.29) is 11.4 Å². The van der Waals surface area contributed by atoms with Gasteiger partial charge in [-0.2, -0.15) is 0 Å². The Bertz CT molecular complexity index is 928. The second-order valence-corrected chi connectivity index (χ2v) is 6.43. The number of rotatable bonds is 3. The second-order valence-electron chi connectivity index (χ2n) is 6.43. The standard InChI is InChI=1S/C19H20N2O3/c1-12-17(22)7-6-14-13(10-18(23)24-19(12)14)11-21-9-3-5-16(21)15-4-2-8-20-15/h2,4,6-8,10,16,20,22H,3,5,9,11H2,1H3/t16-/m0/s1. The molecule has 1 fully saturated rings. The number of phenols is 1. The number of aromatic nitrogens is 1. The van der Waals surface area contributed by atoms with Gasteiger partial charge in [-0.15, -0.1) is 0 Å². The topological polar surface area (TPSA) is 69.5 Å². The number of hydrogen-bond acceptors (Lipinski definition) is 4. The van der Waals surface area contributed by atoms with Crippen molar-refractivity contribution < 1.29 is 9.52 Å². The Labute approximate surface area is 139 Å². The highest BCUT2D eigenvalue weighted by molar-refractivity contribution is 5.84. The first-order valence-corrected chi connectivity index (χ1v) is 8.26. The minimum Gasteiger partial charge on any atom is -0.508 e. The van der Waals surface area contributed by atoms with Crippen LogP contribution in [0.1, 0.15) is 35.7 Å². The number of aromatic hydroxyl groups is 1. The number of phenolic OH excluding ortho intramolecular Hbond substituents is 1. The predicted octanol–water partition coefficient (Wildman–Crippen LogP) is 3.47. The molecule has 3 aromatic rings. The summed E-state index contributed by atoms with van der Waals surface area (Å²) in [6.45, 7) is 3.46. The number of likely N-dealkylation sites (tertiary alicyclic amines) is 1. The molecule has 2 aromatic heterocycles. The summed E-state index contributed by atoms with van der Waals surface area (Å²) in [5.41, 5.74) is 2.88. The van der Waals surface area contributed by atoms with Crippen molar-refractivity contribution in [3.8, 4) is 5.75 Å². The third-order valence-corrected chi connectivity index (χ3v) is 4.94. The lowest BCUT2D eigenvalue weighted by molar-refractivity contribution is 0.245. The van der Waals surface area contributed by atoms with Crippen molar-refractivity contribution in [2.75, 3.05) is 6.54 Å². The number of benzene rings is 1. The van der Waals surface area contributed by atoms with Crippen molar-refractivity contribution in [2.45, 2.75) is 32.4 Å². The summed E-state index contributed by atoms with van der Waals surface area (Å²) in [6, 6.07) is 9.54. The lowest BCUT2D eigenvalue weighted by Crippen LogP contribution is -2.23. The third-order valence-electron chi connectivity index (χ3n) is 4.94. The highest BCUT2D eigenvalue weighted by atomic mass is 16.4. The zero-order valence-electron chi connectivity index (χ0n) is 13.6. The van der Waals surface area contributed by atoms with Crippen LogP contribution in [0.5, 0.6) is 5.75 Å². The van der Waals surface area contributed by atoms with Gasteiger partial charge < -0.3 is 14.5 Å². The van der Waals surface area contributed by atoms with Gasteiger partial charge in [0.05, 0.1) is 6.04 Å². The fourth-order valence-electron chi connectivity index (χ4n) is 3.68. The van der Waals surface area contributed by atoms with Crippen LogP contribution in [0.2, 0.25) is 0 Å². The number of aromatic amines is 1. The van der Waals surface area contributed by atoms with Crippen molar-refractivity contribution >= 4 is 11.0 Å². The van der Waals surface area contributed by atoms with Crippen LogP contribution in [0.25, 0.3) is 11.0 Å². The fourth-order valence-corrected chi connectivity index (χ4v) is 3.68. The van der Waals surface area contributed by atoms with E-state index in [1.165, 1.54) is 5.69 Å². The molecule has 1 saturated heterocycles. The van der Waals surface area contributed by atoms with Gasteiger partial charge in [0.2, 0.25) is 0 Å². The summed E-state index contributed by atoms with van der Waals surface area (Å²) >= 11 is 0. The molecule has 2 N–H and O–H groups in total. The molecular weight excluding hydrogens is 304 g/mol. The van der Waals surface area contributed by atoms with E-state index >= 15 is 0 Å². The minimum absolute atomic E-state index is 0.147. The molecule has 24 heavy (non-hydrogen) atoms. The molecule has 1 atom stereocenters. The lowest BCUT2D eigenvalue weighted by atomic mass is 10.1. The number of hydrogen-bond donors (Lipinski definition) is 2. The van der Waals surface area contributed by atoms with Crippen molar-refractivity contribution in [3.05, 3.63) is 63.8 Å². The molecule has 5 heteroatoms. The summed E-state index contributed by atoms with van der Waals surface area (Å²) in [6.07, 6.45) is 4.20. The van der Waals surface area contributed by atoms with E-state index < -0.39 is 0 Å². The molecule has 0 radical (unpaired) electrons. The van der Waals surface area contributed by atoms with Gasteiger partial charge in [-0.05, 0) is 56.1 Å². The van der Waals surface area contributed by atoms with Gasteiger partial charge in [0, 0.05) is 35.5 Å². The van der Waals surface area contributed by atoms with E-state index in [0.29, 0.717) is 23.7 Å². The van der Waals surface area contributed by atoms with Crippen molar-refractivity contribution in [3.63, 3.8) is 0 Å². The van der Waals surface area contributed by atoms with E-state index in [0.717, 1.165) is 30.3 Å². The molecule has 1 aliphatic heterocycles. The molecule has 124 valence electrons. The largest absolute Gasteiger partial charge is 0.508 e. The van der Waals surface area contributed by atoms with E-state index in [1.54, 1.807) is 19.1 Å². The molecule has 0 amide bonds. The number of H-pyrrole nitrogens is 1. The van der Waals surface area contributed by atoms with Gasteiger partial charge in [-0.3, -0.25) is 4.90 Å². The van der Waals surface area contributed by atoms with Crippen LogP contribution in [0.3, 0.4) is 0 Å². The van der Waals surface area contributed by atoms with Crippen LogP contribution in [0.15, 0.2) is 45.7 Å². The van der Waals surface area contributed by atoms with Gasteiger partial charge in [-0.25, -0.2) is 4.79 Å². The van der Waals surface area contributed by atoms with E-state index in [9.17, 15) is 9.90 Å². The molecule has 4 rings (SSSR count). The first-order valence-electron chi connectivity index (χ1n) is 8.26. The fraction of sp³-hybridized carbons (Fsp3) is 0.316. The van der Waals surface area contributed by atoms with E-state index in [4.69, 9.17) is 4.42 Å². The van der Waals surface area contributed by atoms with Gasteiger partial charge in [-0.1, -0.05) is 0 Å². The smallest absolute Gasteiger partial charge is 0.336 e. The normalized spacial score (nSPS) is 18.5. The Balaban J connectivity index is 1.74. The number of nitrogens with one attached hydrogen (secondary N) is 1. The van der Waals surface area contributed by atoms with Crippen molar-refractivity contribution in [2.24, 2.45) is 0 Å². The third kappa shape index (κ3) is 2.51. The molecule has 5 nitrogen and oxygen atoms in total. The summed E-state index contributed by atoms with van der Waals surface area (Å²) in [7, 11) is 0. The summed E-state index contributed by atoms with van der Waals surface area (Å²) < 4.78 is 5.34. The van der Waals surface area contributed by atoms with E-state index in [1.807, 2.05) is 18.3 Å². The van der Waals surface area contributed by atoms with Crippen LogP contribution in [0, 0.1) is 6.92 Å². The summed E-state index contributed by atoms with van der Waals surface area (Å²) in [4.78, 5) is 17.7. The Morgan fingerprint density at radius 1 is 1.38 bits per heavy atom. The first-order chi connectivity index (χ1) is 11.6. The molecule has 0 aliphatic carbocycles. The molecule has 0 bridgehead atoms. The van der Waals surface area contributed by atoms with Gasteiger partial charge in [0.25, 0.3) is 0 Å². The average molecular weight is 324 g/mol. The lowest BCUT2D eigenvalue weighted by Gasteiger charge is -2.24. The maximum atomic E-state index is 12.0. The Kier molecular flexibility index (Phi) is 3.65. The van der Waals surface area contributed by atoms with E-state index in [2.05, 4.69) is 16.0 Å².